The van der Waals surface area contributed by atoms with Gasteiger partial charge in [-0.2, -0.15) is 0 Å². The van der Waals surface area contributed by atoms with Gasteiger partial charge in [0.1, 0.15) is 11.4 Å². The van der Waals surface area contributed by atoms with Gasteiger partial charge in [0.25, 0.3) is 0 Å². The predicted octanol–water partition coefficient (Wildman–Crippen LogP) is 5.91. The number of benzene rings is 3. The van der Waals surface area contributed by atoms with Crippen LogP contribution >= 0.6 is 11.6 Å². The van der Waals surface area contributed by atoms with Crippen molar-refractivity contribution < 1.29 is 9.50 Å². The minimum absolute atomic E-state index is 0.344. The fourth-order valence-corrected chi connectivity index (χ4v) is 4.82. The van der Waals surface area contributed by atoms with E-state index in [9.17, 15) is 9.50 Å². The Morgan fingerprint density at radius 3 is 2.25 bits per heavy atom. The van der Waals surface area contributed by atoms with Crippen LogP contribution < -0.4 is 0 Å². The quantitative estimate of drug-likeness (QED) is 0.414. The zero-order chi connectivity index (χ0) is 22.1. The van der Waals surface area contributed by atoms with Crippen LogP contribution in [0.1, 0.15) is 35.1 Å². The number of likely N-dealkylation sites (tertiary alicyclic amines) is 1. The molecule has 0 amide bonds. The molecule has 0 radical (unpaired) electrons. The summed E-state index contributed by atoms with van der Waals surface area (Å²) in [6, 6.07) is 21.4. The first kappa shape index (κ1) is 21.1. The van der Waals surface area contributed by atoms with E-state index in [4.69, 9.17) is 11.6 Å². The number of aliphatic hydroxyl groups is 1. The summed E-state index contributed by atoms with van der Waals surface area (Å²) in [7, 11) is 0. The van der Waals surface area contributed by atoms with E-state index in [2.05, 4.69) is 22.0 Å². The smallest absolute Gasteiger partial charge is 0.141 e. The fourth-order valence-electron chi connectivity index (χ4n) is 4.66. The second-order valence-electron chi connectivity index (χ2n) is 8.42. The van der Waals surface area contributed by atoms with E-state index in [0.29, 0.717) is 21.7 Å². The SMILES string of the molecule is OC(c1ccc(F)cc1)(c1ccc(CN2CCCC2)cc1)c1ccnc2cc(Cl)ccc12. The van der Waals surface area contributed by atoms with E-state index in [1.165, 1.54) is 30.5 Å². The summed E-state index contributed by atoms with van der Waals surface area (Å²) >= 11 is 6.18. The second kappa shape index (κ2) is 8.62. The number of fused-ring (bicyclic) bond motifs is 1. The number of rotatable bonds is 5. The monoisotopic (exact) mass is 446 g/mol. The molecule has 162 valence electrons. The van der Waals surface area contributed by atoms with E-state index < -0.39 is 5.60 Å². The Labute approximate surface area is 192 Å². The molecule has 2 heterocycles. The normalized spacial score (nSPS) is 16.3. The molecule has 0 saturated carbocycles. The highest BCUT2D eigenvalue weighted by atomic mass is 35.5. The molecule has 1 fully saturated rings. The third-order valence-corrected chi connectivity index (χ3v) is 6.57. The Kier molecular flexibility index (Phi) is 5.68. The van der Waals surface area contributed by atoms with Gasteiger partial charge in [-0.05, 0) is 73.0 Å². The molecule has 3 aromatic carbocycles. The number of hydrogen-bond donors (Lipinski definition) is 1. The summed E-state index contributed by atoms with van der Waals surface area (Å²) in [6.07, 6.45) is 4.17. The Bertz CT molecular complexity index is 1240. The Morgan fingerprint density at radius 2 is 1.56 bits per heavy atom. The van der Waals surface area contributed by atoms with Crippen molar-refractivity contribution in [2.45, 2.75) is 25.0 Å². The molecule has 5 rings (SSSR count). The van der Waals surface area contributed by atoms with Gasteiger partial charge < -0.3 is 5.11 Å². The van der Waals surface area contributed by atoms with Crippen LogP contribution in [0.3, 0.4) is 0 Å². The molecule has 5 heteroatoms. The van der Waals surface area contributed by atoms with Gasteiger partial charge in [0.15, 0.2) is 0 Å². The second-order valence-corrected chi connectivity index (χ2v) is 8.85. The van der Waals surface area contributed by atoms with Crippen molar-refractivity contribution in [3.8, 4) is 0 Å². The highest BCUT2D eigenvalue weighted by molar-refractivity contribution is 6.31. The largest absolute Gasteiger partial charge is 0.376 e. The molecule has 32 heavy (non-hydrogen) atoms. The summed E-state index contributed by atoms with van der Waals surface area (Å²) in [5.41, 5.74) is 2.42. The fraction of sp³-hybridized carbons (Fsp3) is 0.222. The molecular weight excluding hydrogens is 423 g/mol. The van der Waals surface area contributed by atoms with Gasteiger partial charge >= 0.3 is 0 Å². The van der Waals surface area contributed by atoms with Crippen LogP contribution in [0.5, 0.6) is 0 Å². The first-order valence-corrected chi connectivity index (χ1v) is 11.3. The van der Waals surface area contributed by atoms with E-state index in [0.717, 1.165) is 30.6 Å². The van der Waals surface area contributed by atoms with Crippen molar-refractivity contribution in [3.63, 3.8) is 0 Å². The number of hydrogen-bond acceptors (Lipinski definition) is 3. The lowest BCUT2D eigenvalue weighted by Gasteiger charge is -2.31. The third-order valence-electron chi connectivity index (χ3n) is 6.33. The standard InChI is InChI=1S/C27H24ClFN2O/c28-22-9-12-24-25(13-14-30-26(24)17-22)27(32,21-7-10-23(29)11-8-21)20-5-3-19(4-6-20)18-31-15-1-2-16-31/h3-14,17,32H,1-2,15-16,18H2. The van der Waals surface area contributed by atoms with Gasteiger partial charge in [0.05, 0.1) is 5.52 Å². The van der Waals surface area contributed by atoms with Crippen molar-refractivity contribution in [1.82, 2.24) is 9.88 Å². The summed E-state index contributed by atoms with van der Waals surface area (Å²) in [6.45, 7) is 3.17. The lowest BCUT2D eigenvalue weighted by atomic mass is 9.79. The van der Waals surface area contributed by atoms with Crippen LogP contribution in [0.4, 0.5) is 4.39 Å². The maximum absolute atomic E-state index is 13.7. The third kappa shape index (κ3) is 3.90. The molecule has 1 aliphatic rings. The van der Waals surface area contributed by atoms with Gasteiger partial charge in [0.2, 0.25) is 0 Å². The zero-order valence-electron chi connectivity index (χ0n) is 17.6. The van der Waals surface area contributed by atoms with Gasteiger partial charge in [-0.1, -0.05) is 54.1 Å². The molecule has 0 aliphatic carbocycles. The van der Waals surface area contributed by atoms with E-state index in [1.807, 2.05) is 24.3 Å². The lowest BCUT2D eigenvalue weighted by Crippen LogP contribution is -2.29. The lowest BCUT2D eigenvalue weighted by molar-refractivity contribution is 0.127. The first-order valence-electron chi connectivity index (χ1n) is 10.9. The summed E-state index contributed by atoms with van der Waals surface area (Å²) in [4.78, 5) is 6.87. The number of pyridine rings is 1. The van der Waals surface area contributed by atoms with Gasteiger partial charge in [-0.15, -0.1) is 0 Å². The van der Waals surface area contributed by atoms with Crippen LogP contribution in [-0.4, -0.2) is 28.1 Å². The minimum atomic E-state index is -1.48. The molecule has 1 N–H and O–H groups in total. The molecule has 1 aliphatic heterocycles. The highest BCUT2D eigenvalue weighted by Crippen LogP contribution is 2.40. The topological polar surface area (TPSA) is 36.4 Å². The number of nitrogens with zero attached hydrogens (tertiary/aromatic N) is 2. The van der Waals surface area contributed by atoms with E-state index in [1.54, 1.807) is 30.5 Å². The first-order chi connectivity index (χ1) is 15.5. The molecule has 1 saturated heterocycles. The van der Waals surface area contributed by atoms with Crippen molar-refractivity contribution >= 4 is 22.5 Å². The van der Waals surface area contributed by atoms with E-state index in [-0.39, 0.29) is 5.82 Å². The van der Waals surface area contributed by atoms with Crippen LogP contribution in [-0.2, 0) is 12.1 Å². The van der Waals surface area contributed by atoms with Gasteiger partial charge in [0, 0.05) is 28.7 Å². The Balaban J connectivity index is 1.64. The molecule has 4 aromatic rings. The summed E-state index contributed by atoms with van der Waals surface area (Å²) in [5, 5.41) is 13.6. The molecule has 1 unspecified atom stereocenters. The molecule has 0 bridgehead atoms. The van der Waals surface area contributed by atoms with Gasteiger partial charge in [-0.25, -0.2) is 4.39 Å². The molecule has 0 spiro atoms. The average molecular weight is 447 g/mol. The van der Waals surface area contributed by atoms with Crippen LogP contribution in [0.2, 0.25) is 5.02 Å². The van der Waals surface area contributed by atoms with Crippen molar-refractivity contribution in [2.75, 3.05) is 13.1 Å². The highest BCUT2D eigenvalue weighted by Gasteiger charge is 2.35. The molecule has 1 aromatic heterocycles. The number of aromatic nitrogens is 1. The maximum atomic E-state index is 13.7. The van der Waals surface area contributed by atoms with Gasteiger partial charge in [-0.3, -0.25) is 9.88 Å². The van der Waals surface area contributed by atoms with Crippen molar-refractivity contribution in [3.05, 3.63) is 112 Å². The van der Waals surface area contributed by atoms with Crippen LogP contribution in [0.15, 0.2) is 79.0 Å². The van der Waals surface area contributed by atoms with Crippen molar-refractivity contribution in [1.29, 1.82) is 0 Å². The van der Waals surface area contributed by atoms with Crippen LogP contribution in [0.25, 0.3) is 10.9 Å². The number of halogens is 2. The Morgan fingerprint density at radius 1 is 0.906 bits per heavy atom. The average Bonchev–Trinajstić information content (AvgIpc) is 3.32. The molecular formula is C27H24ClFN2O. The summed E-state index contributed by atoms with van der Waals surface area (Å²) < 4.78 is 13.7. The van der Waals surface area contributed by atoms with E-state index >= 15 is 0 Å². The maximum Gasteiger partial charge on any atom is 0.141 e. The Hall–Kier alpha value is -2.79. The summed E-state index contributed by atoms with van der Waals surface area (Å²) in [5.74, 6) is -0.344. The van der Waals surface area contributed by atoms with Crippen molar-refractivity contribution in [2.24, 2.45) is 0 Å². The predicted molar refractivity (Wildman–Crippen MR) is 126 cm³/mol. The van der Waals surface area contributed by atoms with Crippen LogP contribution in [0, 0.1) is 5.82 Å². The zero-order valence-corrected chi connectivity index (χ0v) is 18.4. The minimum Gasteiger partial charge on any atom is -0.376 e. The molecule has 1 atom stereocenters. The molecule has 3 nitrogen and oxygen atoms in total.